The molecular weight excluding hydrogens is 389 g/mol. The van der Waals surface area contributed by atoms with Crippen molar-refractivity contribution in [2.75, 3.05) is 38.6 Å². The molecule has 0 spiro atoms. The first-order valence-corrected chi connectivity index (χ1v) is 10.4. The number of benzene rings is 1. The van der Waals surface area contributed by atoms with Crippen LogP contribution in [0.1, 0.15) is 18.7 Å². The lowest BCUT2D eigenvalue weighted by molar-refractivity contribution is 0.0443. The van der Waals surface area contributed by atoms with Crippen molar-refractivity contribution in [3.63, 3.8) is 0 Å². The minimum Gasteiger partial charge on any atom is -0.453 e. The fraction of sp³-hybridized carbons (Fsp3) is 0.318. The average Bonchev–Trinajstić information content (AvgIpc) is 3.16. The summed E-state index contributed by atoms with van der Waals surface area (Å²) in [6.45, 7) is 8.06. The molecule has 4 rings (SSSR count). The van der Waals surface area contributed by atoms with Gasteiger partial charge in [-0.2, -0.15) is 0 Å². The second-order valence-electron chi connectivity index (χ2n) is 6.12. The molecule has 0 unspecified atom stereocenters. The zero-order chi connectivity index (χ0) is 20.6. The Morgan fingerprint density at radius 3 is 2.76 bits per heavy atom. The molecule has 1 aliphatic heterocycles. The molecule has 0 saturated carbocycles. The summed E-state index contributed by atoms with van der Waals surface area (Å²) in [5.41, 5.74) is 6.72. The summed E-state index contributed by atoms with van der Waals surface area (Å²) in [7, 11) is 0. The second-order valence-corrected chi connectivity index (χ2v) is 7.17. The SMILES string of the molecule is CC.Nc1ccc(Oc2ccnc3cc(C#CCN4CCOCC4)sc23)c(F)c1. The van der Waals surface area contributed by atoms with Crippen LogP contribution in [0, 0.1) is 17.7 Å². The number of ether oxygens (including phenoxy) is 2. The molecule has 0 bridgehead atoms. The highest BCUT2D eigenvalue weighted by molar-refractivity contribution is 7.19. The molecule has 29 heavy (non-hydrogen) atoms. The third-order valence-corrected chi connectivity index (χ3v) is 5.22. The van der Waals surface area contributed by atoms with Gasteiger partial charge in [0.1, 0.15) is 5.75 Å². The van der Waals surface area contributed by atoms with Crippen molar-refractivity contribution in [2.24, 2.45) is 0 Å². The monoisotopic (exact) mass is 413 g/mol. The maximum absolute atomic E-state index is 14.0. The molecule has 3 heterocycles. The molecule has 5 nitrogen and oxygen atoms in total. The third-order valence-electron chi connectivity index (χ3n) is 4.17. The van der Waals surface area contributed by atoms with E-state index in [0.717, 1.165) is 41.4 Å². The minimum absolute atomic E-state index is 0.130. The molecule has 1 aliphatic rings. The molecule has 2 aromatic heterocycles. The molecule has 152 valence electrons. The fourth-order valence-electron chi connectivity index (χ4n) is 2.77. The first-order chi connectivity index (χ1) is 14.2. The predicted molar refractivity (Wildman–Crippen MR) is 116 cm³/mol. The molecule has 7 heteroatoms. The highest BCUT2D eigenvalue weighted by atomic mass is 32.1. The molecule has 1 fully saturated rings. The van der Waals surface area contributed by atoms with Gasteiger partial charge in [0.2, 0.25) is 0 Å². The summed E-state index contributed by atoms with van der Waals surface area (Å²) in [6, 6.07) is 8.02. The standard InChI is InChI=1S/C20H18FN3O2S.C2H6/c21-16-12-14(22)3-4-18(16)26-19-5-6-23-17-13-15(27-20(17)19)2-1-7-24-8-10-25-11-9-24;1-2/h3-6,12-13H,7-11,22H2;1-2H3. The number of morpholine rings is 1. The predicted octanol–water partition coefficient (Wildman–Crippen LogP) is 4.52. The highest BCUT2D eigenvalue weighted by Gasteiger charge is 2.12. The third kappa shape index (κ3) is 5.45. The van der Waals surface area contributed by atoms with Crippen LogP contribution in [-0.4, -0.2) is 42.7 Å². The Balaban J connectivity index is 0.00000117. The van der Waals surface area contributed by atoms with Gasteiger partial charge < -0.3 is 15.2 Å². The number of nitrogens with zero attached hydrogens (tertiary/aromatic N) is 2. The second kappa shape index (κ2) is 10.2. The van der Waals surface area contributed by atoms with Crippen LogP contribution in [0.25, 0.3) is 10.2 Å². The fourth-order valence-corrected chi connectivity index (χ4v) is 3.71. The van der Waals surface area contributed by atoms with Crippen molar-refractivity contribution < 1.29 is 13.9 Å². The Bertz CT molecular complexity index is 1020. The van der Waals surface area contributed by atoms with Crippen molar-refractivity contribution in [2.45, 2.75) is 13.8 Å². The van der Waals surface area contributed by atoms with Gasteiger partial charge in [-0.05, 0) is 18.2 Å². The van der Waals surface area contributed by atoms with Crippen molar-refractivity contribution in [3.05, 3.63) is 47.2 Å². The number of rotatable bonds is 3. The Kier molecular flexibility index (Phi) is 7.42. The lowest BCUT2D eigenvalue weighted by Gasteiger charge is -2.24. The number of anilines is 1. The van der Waals surface area contributed by atoms with E-state index in [2.05, 4.69) is 21.7 Å². The van der Waals surface area contributed by atoms with Crippen molar-refractivity contribution >= 4 is 27.2 Å². The van der Waals surface area contributed by atoms with Crippen LogP contribution in [0.5, 0.6) is 11.5 Å². The van der Waals surface area contributed by atoms with Crippen LogP contribution >= 0.6 is 11.3 Å². The molecule has 0 aliphatic carbocycles. The van der Waals surface area contributed by atoms with E-state index in [1.807, 2.05) is 19.9 Å². The summed E-state index contributed by atoms with van der Waals surface area (Å²) in [5, 5.41) is 0. The first-order valence-electron chi connectivity index (χ1n) is 9.59. The lowest BCUT2D eigenvalue weighted by atomic mass is 10.3. The van der Waals surface area contributed by atoms with Crippen molar-refractivity contribution in [1.82, 2.24) is 9.88 Å². The van der Waals surface area contributed by atoms with Gasteiger partial charge in [0.25, 0.3) is 0 Å². The van der Waals surface area contributed by atoms with Gasteiger partial charge in [-0.15, -0.1) is 11.3 Å². The number of nitrogen functional groups attached to an aromatic ring is 1. The van der Waals surface area contributed by atoms with E-state index in [-0.39, 0.29) is 5.75 Å². The smallest absolute Gasteiger partial charge is 0.167 e. The lowest BCUT2D eigenvalue weighted by Crippen LogP contribution is -2.36. The Labute approximate surface area is 174 Å². The van der Waals surface area contributed by atoms with E-state index in [4.69, 9.17) is 15.2 Å². The number of thiophene rings is 1. The summed E-state index contributed by atoms with van der Waals surface area (Å²) >= 11 is 1.49. The van der Waals surface area contributed by atoms with Gasteiger partial charge in [0.15, 0.2) is 11.6 Å². The first kappa shape index (κ1) is 21.1. The van der Waals surface area contributed by atoms with Crippen molar-refractivity contribution in [1.29, 1.82) is 0 Å². The van der Waals surface area contributed by atoms with Gasteiger partial charge in [0.05, 0.1) is 34.9 Å². The molecule has 1 aromatic carbocycles. The molecule has 1 saturated heterocycles. The Morgan fingerprint density at radius 1 is 1.21 bits per heavy atom. The average molecular weight is 414 g/mol. The molecule has 0 atom stereocenters. The number of hydrogen-bond donors (Lipinski definition) is 1. The topological polar surface area (TPSA) is 60.6 Å². The zero-order valence-corrected chi connectivity index (χ0v) is 17.4. The number of halogens is 1. The van der Waals surface area contributed by atoms with E-state index in [0.29, 0.717) is 18.0 Å². The van der Waals surface area contributed by atoms with Crippen LogP contribution in [0.3, 0.4) is 0 Å². The molecule has 2 N–H and O–H groups in total. The Morgan fingerprint density at radius 2 is 2.00 bits per heavy atom. The minimum atomic E-state index is -0.498. The van der Waals surface area contributed by atoms with Crippen molar-refractivity contribution in [3.8, 4) is 23.3 Å². The Hall–Kier alpha value is -2.66. The molecule has 0 amide bonds. The summed E-state index contributed by atoms with van der Waals surface area (Å²) in [6.07, 6.45) is 1.64. The summed E-state index contributed by atoms with van der Waals surface area (Å²) in [4.78, 5) is 7.53. The number of aromatic nitrogens is 1. The van der Waals surface area contributed by atoms with Gasteiger partial charge in [-0.1, -0.05) is 25.7 Å². The number of hydrogen-bond acceptors (Lipinski definition) is 6. The maximum atomic E-state index is 14.0. The zero-order valence-electron chi connectivity index (χ0n) is 16.6. The number of nitrogens with two attached hydrogens (primary N) is 1. The largest absolute Gasteiger partial charge is 0.453 e. The van der Waals surface area contributed by atoms with E-state index in [1.165, 1.54) is 23.5 Å². The number of fused-ring (bicyclic) bond motifs is 1. The van der Waals surface area contributed by atoms with Crippen LogP contribution in [-0.2, 0) is 4.74 Å². The molecule has 3 aromatic rings. The van der Waals surface area contributed by atoms with Gasteiger partial charge >= 0.3 is 0 Å². The van der Waals surface area contributed by atoms with Crippen LogP contribution < -0.4 is 10.5 Å². The highest BCUT2D eigenvalue weighted by Crippen LogP contribution is 2.35. The van der Waals surface area contributed by atoms with Crippen LogP contribution in [0.4, 0.5) is 10.1 Å². The quantitative estimate of drug-likeness (QED) is 0.505. The summed E-state index contributed by atoms with van der Waals surface area (Å²) in [5.74, 6) is 6.58. The van der Waals surface area contributed by atoms with E-state index < -0.39 is 5.82 Å². The van der Waals surface area contributed by atoms with E-state index in [9.17, 15) is 4.39 Å². The van der Waals surface area contributed by atoms with Gasteiger partial charge in [0, 0.05) is 37.1 Å². The van der Waals surface area contributed by atoms with Gasteiger partial charge in [-0.3, -0.25) is 9.88 Å². The van der Waals surface area contributed by atoms with Crippen LogP contribution in [0.15, 0.2) is 36.5 Å². The molecular formula is C22H24FN3O2S. The number of pyridine rings is 1. The van der Waals surface area contributed by atoms with E-state index in [1.54, 1.807) is 18.3 Å². The van der Waals surface area contributed by atoms with Gasteiger partial charge in [-0.25, -0.2) is 4.39 Å². The summed E-state index contributed by atoms with van der Waals surface area (Å²) < 4.78 is 26.0. The van der Waals surface area contributed by atoms with Crippen LogP contribution in [0.2, 0.25) is 0 Å². The molecule has 0 radical (unpaired) electrons. The normalized spacial score (nSPS) is 13.9. The maximum Gasteiger partial charge on any atom is 0.167 e. The van der Waals surface area contributed by atoms with E-state index >= 15 is 0 Å².